The Morgan fingerprint density at radius 1 is 1.43 bits per heavy atom. The quantitative estimate of drug-likeness (QED) is 0.798. The number of aromatic amines is 1. The van der Waals surface area contributed by atoms with Crippen molar-refractivity contribution in [3.8, 4) is 10.7 Å². The Kier molecular flexibility index (Phi) is 2.90. The van der Waals surface area contributed by atoms with E-state index in [9.17, 15) is 0 Å². The number of thiazole rings is 1. The summed E-state index contributed by atoms with van der Waals surface area (Å²) < 4.78 is 0. The van der Waals surface area contributed by atoms with E-state index in [1.807, 2.05) is 11.6 Å². The molecule has 0 aliphatic carbocycles. The third kappa shape index (κ3) is 2.00. The molecule has 2 aromatic rings. The molecule has 14 heavy (non-hydrogen) atoms. The number of aryl methyl sites for hydroxylation is 1. The van der Waals surface area contributed by atoms with E-state index in [0.717, 1.165) is 29.4 Å². The molecule has 2 rings (SSSR count). The van der Waals surface area contributed by atoms with Crippen molar-refractivity contribution < 1.29 is 0 Å². The van der Waals surface area contributed by atoms with Gasteiger partial charge in [-0.25, -0.2) is 9.97 Å². The molecule has 0 saturated heterocycles. The fourth-order valence-electron chi connectivity index (χ4n) is 1.22. The Hall–Kier alpha value is -1.20. The Balaban J connectivity index is 2.10. The lowest BCUT2D eigenvalue weighted by atomic mass is 10.3. The van der Waals surface area contributed by atoms with E-state index >= 15 is 0 Å². The predicted octanol–water partition coefficient (Wildman–Crippen LogP) is 1.42. The molecule has 5 heteroatoms. The first-order valence-electron chi connectivity index (χ1n) is 4.54. The topological polar surface area (TPSA) is 67.6 Å². The van der Waals surface area contributed by atoms with Crippen LogP contribution < -0.4 is 5.73 Å². The van der Waals surface area contributed by atoms with Crippen LogP contribution in [0.3, 0.4) is 0 Å². The minimum absolute atomic E-state index is 0.702. The van der Waals surface area contributed by atoms with E-state index in [2.05, 4.69) is 15.0 Å². The summed E-state index contributed by atoms with van der Waals surface area (Å²) in [5.74, 6) is 0.987. The van der Waals surface area contributed by atoms with E-state index in [1.54, 1.807) is 17.5 Å². The third-order valence-corrected chi connectivity index (χ3v) is 2.72. The zero-order valence-electron chi connectivity index (χ0n) is 7.73. The second-order valence-corrected chi connectivity index (χ2v) is 3.87. The standard InChI is InChI=1S/C9H12N4S/c10-3-1-2-8-12-6-7(13-8)9-11-4-5-14-9/h4-6H,1-3,10H2,(H,12,13). The molecular weight excluding hydrogens is 196 g/mol. The zero-order chi connectivity index (χ0) is 9.80. The first kappa shape index (κ1) is 9.36. The van der Waals surface area contributed by atoms with Crippen molar-refractivity contribution in [2.24, 2.45) is 5.73 Å². The normalized spacial score (nSPS) is 10.6. The molecule has 0 aromatic carbocycles. The second kappa shape index (κ2) is 4.34. The molecule has 0 fully saturated rings. The highest BCUT2D eigenvalue weighted by atomic mass is 32.1. The third-order valence-electron chi connectivity index (χ3n) is 1.91. The summed E-state index contributed by atoms with van der Waals surface area (Å²) in [7, 11) is 0. The number of nitrogens with zero attached hydrogens (tertiary/aromatic N) is 2. The van der Waals surface area contributed by atoms with E-state index in [-0.39, 0.29) is 0 Å². The summed E-state index contributed by atoms with van der Waals surface area (Å²) >= 11 is 1.61. The van der Waals surface area contributed by atoms with E-state index in [1.165, 1.54) is 0 Å². The highest BCUT2D eigenvalue weighted by molar-refractivity contribution is 7.13. The van der Waals surface area contributed by atoms with Crippen molar-refractivity contribution in [1.29, 1.82) is 0 Å². The summed E-state index contributed by atoms with van der Waals surface area (Å²) in [5, 5.41) is 2.94. The average Bonchev–Trinajstić information content (AvgIpc) is 2.85. The molecule has 0 saturated carbocycles. The molecule has 74 valence electrons. The number of imidazole rings is 1. The van der Waals surface area contributed by atoms with Crippen LogP contribution in [-0.2, 0) is 6.42 Å². The van der Waals surface area contributed by atoms with Crippen LogP contribution in [0.25, 0.3) is 10.7 Å². The SMILES string of the molecule is NCCCc1ncc(-c2nccs2)[nH]1. The lowest BCUT2D eigenvalue weighted by Gasteiger charge is -1.92. The van der Waals surface area contributed by atoms with Gasteiger partial charge in [-0.15, -0.1) is 11.3 Å². The van der Waals surface area contributed by atoms with Crippen molar-refractivity contribution >= 4 is 11.3 Å². The number of nitrogens with one attached hydrogen (secondary N) is 1. The molecule has 2 heterocycles. The van der Waals surface area contributed by atoms with Crippen LogP contribution in [0.15, 0.2) is 17.8 Å². The Bertz CT molecular complexity index is 379. The Labute approximate surface area is 86.2 Å². The van der Waals surface area contributed by atoms with Crippen LogP contribution in [0.1, 0.15) is 12.2 Å². The van der Waals surface area contributed by atoms with E-state index in [0.29, 0.717) is 6.54 Å². The van der Waals surface area contributed by atoms with Crippen LogP contribution in [0.4, 0.5) is 0 Å². The highest BCUT2D eigenvalue weighted by Gasteiger charge is 2.04. The van der Waals surface area contributed by atoms with Gasteiger partial charge in [0.2, 0.25) is 0 Å². The van der Waals surface area contributed by atoms with E-state index in [4.69, 9.17) is 5.73 Å². The molecular formula is C9H12N4S. The number of hydrogen-bond donors (Lipinski definition) is 2. The summed E-state index contributed by atoms with van der Waals surface area (Å²) in [6.07, 6.45) is 5.48. The van der Waals surface area contributed by atoms with Gasteiger partial charge in [0.25, 0.3) is 0 Å². The summed E-state index contributed by atoms with van der Waals surface area (Å²) in [6.45, 7) is 0.702. The first-order chi connectivity index (χ1) is 6.90. The van der Waals surface area contributed by atoms with Gasteiger partial charge in [-0.05, 0) is 13.0 Å². The maximum absolute atomic E-state index is 5.43. The largest absolute Gasteiger partial charge is 0.340 e. The molecule has 0 amide bonds. The van der Waals surface area contributed by atoms with Crippen molar-refractivity contribution in [2.75, 3.05) is 6.54 Å². The van der Waals surface area contributed by atoms with Gasteiger partial charge in [0.15, 0.2) is 0 Å². The molecule has 0 spiro atoms. The monoisotopic (exact) mass is 208 g/mol. The predicted molar refractivity (Wildman–Crippen MR) is 57.1 cm³/mol. The van der Waals surface area contributed by atoms with Crippen molar-refractivity contribution in [1.82, 2.24) is 15.0 Å². The molecule has 0 radical (unpaired) electrons. The number of hydrogen-bond acceptors (Lipinski definition) is 4. The van der Waals surface area contributed by atoms with Crippen LogP contribution in [0.2, 0.25) is 0 Å². The molecule has 2 aromatic heterocycles. The minimum atomic E-state index is 0.702. The zero-order valence-corrected chi connectivity index (χ0v) is 8.55. The van der Waals surface area contributed by atoms with Gasteiger partial charge >= 0.3 is 0 Å². The molecule has 0 unspecified atom stereocenters. The van der Waals surface area contributed by atoms with Crippen molar-refractivity contribution in [3.05, 3.63) is 23.6 Å². The fraction of sp³-hybridized carbons (Fsp3) is 0.333. The lowest BCUT2D eigenvalue weighted by molar-refractivity contribution is 0.794. The summed E-state index contributed by atoms with van der Waals surface area (Å²) in [6, 6.07) is 0. The number of nitrogens with two attached hydrogens (primary N) is 1. The molecule has 0 aliphatic rings. The van der Waals surface area contributed by atoms with Crippen molar-refractivity contribution in [2.45, 2.75) is 12.8 Å². The van der Waals surface area contributed by atoms with Gasteiger partial charge in [0.05, 0.1) is 11.9 Å². The maximum Gasteiger partial charge on any atom is 0.141 e. The summed E-state index contributed by atoms with van der Waals surface area (Å²) in [4.78, 5) is 11.7. The Morgan fingerprint density at radius 3 is 3.07 bits per heavy atom. The smallest absolute Gasteiger partial charge is 0.141 e. The van der Waals surface area contributed by atoms with Gasteiger partial charge < -0.3 is 10.7 Å². The molecule has 0 aliphatic heterocycles. The Morgan fingerprint density at radius 2 is 2.36 bits per heavy atom. The van der Waals surface area contributed by atoms with Crippen LogP contribution in [-0.4, -0.2) is 21.5 Å². The fourth-order valence-corrected chi connectivity index (χ4v) is 1.83. The van der Waals surface area contributed by atoms with Crippen LogP contribution in [0, 0.1) is 0 Å². The van der Waals surface area contributed by atoms with E-state index < -0.39 is 0 Å². The van der Waals surface area contributed by atoms with Gasteiger partial charge in [-0.3, -0.25) is 0 Å². The van der Waals surface area contributed by atoms with Gasteiger partial charge in [0, 0.05) is 18.0 Å². The molecule has 3 N–H and O–H groups in total. The molecule has 0 atom stereocenters. The first-order valence-corrected chi connectivity index (χ1v) is 5.42. The van der Waals surface area contributed by atoms with Crippen molar-refractivity contribution in [3.63, 3.8) is 0 Å². The van der Waals surface area contributed by atoms with Crippen LogP contribution >= 0.6 is 11.3 Å². The average molecular weight is 208 g/mol. The number of aromatic nitrogens is 3. The minimum Gasteiger partial charge on any atom is -0.340 e. The van der Waals surface area contributed by atoms with Crippen LogP contribution in [0.5, 0.6) is 0 Å². The van der Waals surface area contributed by atoms with Gasteiger partial charge in [-0.1, -0.05) is 0 Å². The number of H-pyrrole nitrogens is 1. The second-order valence-electron chi connectivity index (χ2n) is 2.97. The summed E-state index contributed by atoms with van der Waals surface area (Å²) in [5.41, 5.74) is 6.42. The van der Waals surface area contributed by atoms with Gasteiger partial charge in [0.1, 0.15) is 10.8 Å². The maximum atomic E-state index is 5.43. The molecule has 4 nitrogen and oxygen atoms in total. The molecule has 0 bridgehead atoms. The highest BCUT2D eigenvalue weighted by Crippen LogP contribution is 2.19. The number of rotatable bonds is 4. The van der Waals surface area contributed by atoms with Gasteiger partial charge in [-0.2, -0.15) is 0 Å². The lowest BCUT2D eigenvalue weighted by Crippen LogP contribution is -2.01.